The Hall–Kier alpha value is -1.75. The van der Waals surface area contributed by atoms with E-state index in [1.54, 1.807) is 12.1 Å². The van der Waals surface area contributed by atoms with Gasteiger partial charge in [0, 0.05) is 17.0 Å². The molecule has 0 aliphatic rings. The van der Waals surface area contributed by atoms with Crippen LogP contribution in [0.2, 0.25) is 0 Å². The molecule has 5 heteroatoms. The number of benzene rings is 1. The van der Waals surface area contributed by atoms with Crippen molar-refractivity contribution in [1.82, 2.24) is 10.3 Å². The number of carbonyl (C=O) groups excluding carboxylic acids is 1. The molecule has 3 nitrogen and oxygen atoms in total. The van der Waals surface area contributed by atoms with E-state index >= 15 is 0 Å². The van der Waals surface area contributed by atoms with Gasteiger partial charge in [-0.05, 0) is 37.6 Å². The third-order valence-electron chi connectivity index (χ3n) is 3.00. The fourth-order valence-corrected chi connectivity index (χ4v) is 2.53. The zero-order chi connectivity index (χ0) is 14.5. The van der Waals surface area contributed by atoms with Crippen LogP contribution in [-0.4, -0.2) is 16.9 Å². The molecule has 0 saturated heterocycles. The van der Waals surface area contributed by atoms with Gasteiger partial charge < -0.3 is 5.32 Å². The van der Waals surface area contributed by atoms with Crippen LogP contribution in [0, 0.1) is 5.82 Å². The van der Waals surface area contributed by atoms with Gasteiger partial charge >= 0.3 is 0 Å². The molecule has 2 rings (SSSR count). The molecule has 1 amide bonds. The van der Waals surface area contributed by atoms with Gasteiger partial charge in [-0.15, -0.1) is 11.3 Å². The van der Waals surface area contributed by atoms with Crippen LogP contribution in [0.15, 0.2) is 29.6 Å². The van der Waals surface area contributed by atoms with Crippen molar-refractivity contribution in [2.75, 3.05) is 0 Å². The van der Waals surface area contributed by atoms with Crippen LogP contribution in [0.3, 0.4) is 0 Å². The molecule has 0 spiro atoms. The average Bonchev–Trinajstić information content (AvgIpc) is 2.87. The minimum Gasteiger partial charge on any atom is -0.353 e. The molecule has 1 N–H and O–H groups in total. The maximum Gasteiger partial charge on any atom is 0.226 e. The summed E-state index contributed by atoms with van der Waals surface area (Å²) in [6.45, 7) is 4.00. The molecule has 0 fully saturated rings. The Balaban J connectivity index is 2.02. The first-order chi connectivity index (χ1) is 9.58. The SMILES string of the molecule is CC[C@@H](C)NC(=O)Cc1csc(-c2ccc(F)cc2)n1. The van der Waals surface area contributed by atoms with Gasteiger partial charge in [-0.25, -0.2) is 9.37 Å². The molecule has 0 aliphatic heterocycles. The highest BCUT2D eigenvalue weighted by Crippen LogP contribution is 2.24. The summed E-state index contributed by atoms with van der Waals surface area (Å²) in [5.74, 6) is -0.284. The van der Waals surface area contributed by atoms with E-state index < -0.39 is 0 Å². The van der Waals surface area contributed by atoms with E-state index in [1.807, 2.05) is 19.2 Å². The van der Waals surface area contributed by atoms with E-state index in [-0.39, 0.29) is 24.2 Å². The molecular formula is C15H17FN2OS. The minimum atomic E-state index is -0.265. The number of nitrogens with one attached hydrogen (secondary N) is 1. The number of carbonyl (C=O) groups is 1. The molecule has 0 bridgehead atoms. The standard InChI is InChI=1S/C15H17FN2OS/c1-3-10(2)17-14(19)8-13-9-20-15(18-13)11-4-6-12(16)7-5-11/h4-7,9-10H,3,8H2,1-2H3,(H,17,19)/t10-/m1/s1. The topological polar surface area (TPSA) is 42.0 Å². The number of aromatic nitrogens is 1. The maximum absolute atomic E-state index is 12.9. The summed E-state index contributed by atoms with van der Waals surface area (Å²) in [5, 5.41) is 5.58. The van der Waals surface area contributed by atoms with Gasteiger partial charge in [0.15, 0.2) is 0 Å². The Labute approximate surface area is 121 Å². The van der Waals surface area contributed by atoms with Gasteiger partial charge in [-0.2, -0.15) is 0 Å². The minimum absolute atomic E-state index is 0.0182. The van der Waals surface area contributed by atoms with Crippen molar-refractivity contribution in [3.63, 3.8) is 0 Å². The fourth-order valence-electron chi connectivity index (χ4n) is 1.71. The zero-order valence-corrected chi connectivity index (χ0v) is 12.3. The monoisotopic (exact) mass is 292 g/mol. The van der Waals surface area contributed by atoms with Crippen LogP contribution in [-0.2, 0) is 11.2 Å². The first kappa shape index (κ1) is 14.7. The van der Waals surface area contributed by atoms with Crippen molar-refractivity contribution < 1.29 is 9.18 Å². The lowest BCUT2D eigenvalue weighted by Gasteiger charge is -2.10. The molecule has 1 aromatic heterocycles. The number of thiazole rings is 1. The Morgan fingerprint density at radius 3 is 2.75 bits per heavy atom. The van der Waals surface area contributed by atoms with Gasteiger partial charge in [0.25, 0.3) is 0 Å². The Kier molecular flexibility index (Phi) is 4.84. The van der Waals surface area contributed by atoms with Gasteiger partial charge in [-0.3, -0.25) is 4.79 Å². The largest absolute Gasteiger partial charge is 0.353 e. The molecule has 20 heavy (non-hydrogen) atoms. The Morgan fingerprint density at radius 1 is 1.40 bits per heavy atom. The van der Waals surface area contributed by atoms with Crippen molar-refractivity contribution in [3.8, 4) is 10.6 Å². The van der Waals surface area contributed by atoms with Gasteiger partial charge in [0.05, 0.1) is 12.1 Å². The van der Waals surface area contributed by atoms with E-state index in [9.17, 15) is 9.18 Å². The van der Waals surface area contributed by atoms with Crippen molar-refractivity contribution in [3.05, 3.63) is 41.2 Å². The molecule has 0 saturated carbocycles. The first-order valence-corrected chi connectivity index (χ1v) is 7.46. The third-order valence-corrected chi connectivity index (χ3v) is 3.94. The second-order valence-electron chi connectivity index (χ2n) is 4.70. The first-order valence-electron chi connectivity index (χ1n) is 6.58. The van der Waals surface area contributed by atoms with E-state index in [4.69, 9.17) is 0 Å². The molecule has 0 radical (unpaired) electrons. The number of rotatable bonds is 5. The molecule has 0 aliphatic carbocycles. The zero-order valence-electron chi connectivity index (χ0n) is 11.5. The third kappa shape index (κ3) is 3.87. The average molecular weight is 292 g/mol. The molecule has 1 heterocycles. The summed E-state index contributed by atoms with van der Waals surface area (Å²) in [6, 6.07) is 6.38. The van der Waals surface area contributed by atoms with Crippen LogP contribution in [0.1, 0.15) is 26.0 Å². The smallest absolute Gasteiger partial charge is 0.226 e. The number of nitrogens with zero attached hydrogens (tertiary/aromatic N) is 1. The maximum atomic E-state index is 12.9. The summed E-state index contributed by atoms with van der Waals surface area (Å²) in [4.78, 5) is 16.2. The second kappa shape index (κ2) is 6.61. The normalized spacial score (nSPS) is 12.2. The van der Waals surface area contributed by atoms with Gasteiger partial charge in [0.1, 0.15) is 10.8 Å². The summed E-state index contributed by atoms with van der Waals surface area (Å²) in [7, 11) is 0. The van der Waals surface area contributed by atoms with Crippen molar-refractivity contribution >= 4 is 17.2 Å². The van der Waals surface area contributed by atoms with Crippen molar-refractivity contribution in [1.29, 1.82) is 0 Å². The molecular weight excluding hydrogens is 275 g/mol. The molecule has 1 atom stereocenters. The number of amides is 1. The quantitative estimate of drug-likeness (QED) is 0.917. The predicted octanol–water partition coefficient (Wildman–Crippen LogP) is 3.41. The Bertz CT molecular complexity index is 580. The summed E-state index contributed by atoms with van der Waals surface area (Å²) < 4.78 is 12.9. The van der Waals surface area contributed by atoms with E-state index in [0.717, 1.165) is 22.7 Å². The fraction of sp³-hybridized carbons (Fsp3) is 0.333. The number of halogens is 1. The Morgan fingerprint density at radius 2 is 2.10 bits per heavy atom. The second-order valence-corrected chi connectivity index (χ2v) is 5.56. The molecule has 1 aromatic carbocycles. The highest BCUT2D eigenvalue weighted by Gasteiger charge is 2.10. The van der Waals surface area contributed by atoms with Gasteiger partial charge in [0.2, 0.25) is 5.91 Å². The van der Waals surface area contributed by atoms with Crippen molar-refractivity contribution in [2.45, 2.75) is 32.7 Å². The molecule has 0 unspecified atom stereocenters. The van der Waals surface area contributed by atoms with Gasteiger partial charge in [-0.1, -0.05) is 6.92 Å². The number of hydrogen-bond donors (Lipinski definition) is 1. The van der Waals surface area contributed by atoms with Crippen LogP contribution in [0.5, 0.6) is 0 Å². The van der Waals surface area contributed by atoms with Crippen LogP contribution < -0.4 is 5.32 Å². The summed E-state index contributed by atoms with van der Waals surface area (Å²) in [6.07, 6.45) is 1.19. The lowest BCUT2D eigenvalue weighted by atomic mass is 10.2. The highest BCUT2D eigenvalue weighted by molar-refractivity contribution is 7.13. The van der Waals surface area contributed by atoms with Crippen LogP contribution in [0.4, 0.5) is 4.39 Å². The van der Waals surface area contributed by atoms with Crippen LogP contribution in [0.25, 0.3) is 10.6 Å². The lowest BCUT2D eigenvalue weighted by molar-refractivity contribution is -0.121. The molecule has 2 aromatic rings. The highest BCUT2D eigenvalue weighted by atomic mass is 32.1. The van der Waals surface area contributed by atoms with E-state index in [0.29, 0.717) is 0 Å². The van der Waals surface area contributed by atoms with E-state index in [1.165, 1.54) is 23.5 Å². The van der Waals surface area contributed by atoms with Crippen LogP contribution >= 0.6 is 11.3 Å². The number of hydrogen-bond acceptors (Lipinski definition) is 3. The van der Waals surface area contributed by atoms with E-state index in [2.05, 4.69) is 10.3 Å². The summed E-state index contributed by atoms with van der Waals surface area (Å²) in [5.41, 5.74) is 1.61. The summed E-state index contributed by atoms with van der Waals surface area (Å²) >= 11 is 1.46. The molecule has 106 valence electrons. The predicted molar refractivity (Wildman–Crippen MR) is 79.1 cm³/mol. The lowest BCUT2D eigenvalue weighted by Crippen LogP contribution is -2.33. The van der Waals surface area contributed by atoms with Crippen molar-refractivity contribution in [2.24, 2.45) is 0 Å².